The van der Waals surface area contributed by atoms with Gasteiger partial charge in [-0.3, -0.25) is 4.79 Å². The highest BCUT2D eigenvalue weighted by Gasteiger charge is 2.17. The highest BCUT2D eigenvalue weighted by atomic mass is 16.1. The van der Waals surface area contributed by atoms with Crippen LogP contribution in [0.15, 0.2) is 12.4 Å². The molecule has 0 aromatic carbocycles. The molecule has 1 saturated heterocycles. The van der Waals surface area contributed by atoms with E-state index < -0.39 is 0 Å². The van der Waals surface area contributed by atoms with Crippen molar-refractivity contribution < 1.29 is 4.79 Å². The third kappa shape index (κ3) is 2.32. The van der Waals surface area contributed by atoms with Gasteiger partial charge in [-0.2, -0.15) is 0 Å². The summed E-state index contributed by atoms with van der Waals surface area (Å²) in [6.45, 7) is 4.30. The Hall–Kier alpha value is -1.45. The first-order valence-electron chi connectivity index (χ1n) is 5.32. The van der Waals surface area contributed by atoms with Crippen LogP contribution >= 0.6 is 0 Å². The summed E-state index contributed by atoms with van der Waals surface area (Å²) in [6, 6.07) is 0. The third-order valence-corrected chi connectivity index (χ3v) is 2.86. The molecule has 0 unspecified atom stereocenters. The number of piperidine rings is 1. The second-order valence-electron chi connectivity index (χ2n) is 4.10. The highest BCUT2D eigenvalue weighted by molar-refractivity contribution is 5.73. The molecule has 15 heavy (non-hydrogen) atoms. The van der Waals surface area contributed by atoms with Crippen LogP contribution in [0.25, 0.3) is 0 Å². The minimum Gasteiger partial charge on any atom is -0.341 e. The fourth-order valence-electron chi connectivity index (χ4n) is 1.76. The predicted molar refractivity (Wildman–Crippen MR) is 58.0 cm³/mol. The lowest BCUT2D eigenvalue weighted by molar-refractivity contribution is 0.112. The molecule has 0 aliphatic carbocycles. The zero-order valence-corrected chi connectivity index (χ0v) is 8.89. The average Bonchev–Trinajstić information content (AvgIpc) is 2.30. The minimum atomic E-state index is 0.532. The second-order valence-corrected chi connectivity index (χ2v) is 4.10. The van der Waals surface area contributed by atoms with Gasteiger partial charge in [-0.25, -0.2) is 9.97 Å². The van der Waals surface area contributed by atoms with Crippen molar-refractivity contribution in [3.8, 4) is 0 Å². The number of carbonyl (C=O) groups is 1. The molecule has 80 valence electrons. The fraction of sp³-hybridized carbons (Fsp3) is 0.545. The van der Waals surface area contributed by atoms with E-state index in [-0.39, 0.29) is 0 Å². The van der Waals surface area contributed by atoms with E-state index in [2.05, 4.69) is 21.8 Å². The maximum absolute atomic E-state index is 10.4. The standard InChI is InChI=1S/C11H15N3O/c1-9-2-4-14(5-3-9)11-12-6-10(8-15)7-13-11/h6-9H,2-5H2,1H3. The Balaban J connectivity index is 2.06. The smallest absolute Gasteiger partial charge is 0.225 e. The van der Waals surface area contributed by atoms with E-state index in [1.165, 1.54) is 12.8 Å². The molecular formula is C11H15N3O. The first-order valence-corrected chi connectivity index (χ1v) is 5.32. The fourth-order valence-corrected chi connectivity index (χ4v) is 1.76. The van der Waals surface area contributed by atoms with Gasteiger partial charge in [-0.1, -0.05) is 6.92 Å². The molecule has 4 nitrogen and oxygen atoms in total. The van der Waals surface area contributed by atoms with E-state index >= 15 is 0 Å². The SMILES string of the molecule is CC1CCN(c2ncc(C=O)cn2)CC1. The van der Waals surface area contributed by atoms with Crippen molar-refractivity contribution in [2.45, 2.75) is 19.8 Å². The molecule has 0 amide bonds. The number of anilines is 1. The lowest BCUT2D eigenvalue weighted by Gasteiger charge is -2.30. The molecule has 1 fully saturated rings. The highest BCUT2D eigenvalue weighted by Crippen LogP contribution is 2.19. The summed E-state index contributed by atoms with van der Waals surface area (Å²) in [6.07, 6.45) is 6.31. The van der Waals surface area contributed by atoms with Gasteiger partial charge >= 0.3 is 0 Å². The first-order chi connectivity index (χ1) is 7.29. The monoisotopic (exact) mass is 205 g/mol. The van der Waals surface area contributed by atoms with Crippen molar-refractivity contribution in [2.75, 3.05) is 18.0 Å². The van der Waals surface area contributed by atoms with Crippen LogP contribution in [-0.2, 0) is 0 Å². The Kier molecular flexibility index (Phi) is 2.94. The average molecular weight is 205 g/mol. The van der Waals surface area contributed by atoms with Crippen LogP contribution < -0.4 is 4.90 Å². The van der Waals surface area contributed by atoms with Gasteiger partial charge in [-0.15, -0.1) is 0 Å². The first kappa shape index (κ1) is 10.1. The Morgan fingerprint density at radius 3 is 2.47 bits per heavy atom. The van der Waals surface area contributed by atoms with E-state index in [0.29, 0.717) is 5.56 Å². The molecule has 4 heteroatoms. The molecule has 0 radical (unpaired) electrons. The van der Waals surface area contributed by atoms with Crippen LogP contribution in [0.5, 0.6) is 0 Å². The van der Waals surface area contributed by atoms with Gasteiger partial charge in [0.2, 0.25) is 5.95 Å². The number of aromatic nitrogens is 2. The van der Waals surface area contributed by atoms with Gasteiger partial charge in [0, 0.05) is 25.5 Å². The maximum atomic E-state index is 10.4. The van der Waals surface area contributed by atoms with Crippen LogP contribution in [0.1, 0.15) is 30.1 Å². The number of hydrogen-bond acceptors (Lipinski definition) is 4. The Labute approximate surface area is 89.3 Å². The summed E-state index contributed by atoms with van der Waals surface area (Å²) in [5.41, 5.74) is 0.532. The summed E-state index contributed by atoms with van der Waals surface area (Å²) >= 11 is 0. The van der Waals surface area contributed by atoms with Crippen molar-refractivity contribution in [2.24, 2.45) is 5.92 Å². The molecule has 2 rings (SSSR count). The summed E-state index contributed by atoms with van der Waals surface area (Å²) in [5.74, 6) is 1.54. The molecule has 0 bridgehead atoms. The van der Waals surface area contributed by atoms with Crippen LogP contribution in [0.3, 0.4) is 0 Å². The zero-order valence-electron chi connectivity index (χ0n) is 8.89. The van der Waals surface area contributed by atoms with E-state index in [1.54, 1.807) is 12.4 Å². The summed E-state index contributed by atoms with van der Waals surface area (Å²) in [7, 11) is 0. The largest absolute Gasteiger partial charge is 0.341 e. The zero-order chi connectivity index (χ0) is 10.7. The Morgan fingerprint density at radius 2 is 1.93 bits per heavy atom. The molecule has 0 spiro atoms. The topological polar surface area (TPSA) is 46.1 Å². The maximum Gasteiger partial charge on any atom is 0.225 e. The summed E-state index contributed by atoms with van der Waals surface area (Å²) < 4.78 is 0. The molecule has 1 aromatic rings. The molecule has 2 heterocycles. The Morgan fingerprint density at radius 1 is 1.33 bits per heavy atom. The van der Waals surface area contributed by atoms with Gasteiger partial charge in [0.25, 0.3) is 0 Å². The van der Waals surface area contributed by atoms with Crippen molar-refractivity contribution in [3.63, 3.8) is 0 Å². The molecule has 0 atom stereocenters. The summed E-state index contributed by atoms with van der Waals surface area (Å²) in [4.78, 5) is 21.0. The van der Waals surface area contributed by atoms with Gasteiger partial charge in [0.1, 0.15) is 0 Å². The quantitative estimate of drug-likeness (QED) is 0.687. The molecule has 0 saturated carbocycles. The predicted octanol–water partition coefficient (Wildman–Crippen LogP) is 1.53. The molecule has 1 aliphatic heterocycles. The molecule has 0 N–H and O–H groups in total. The Bertz CT molecular complexity index is 328. The van der Waals surface area contributed by atoms with Crippen molar-refractivity contribution in [3.05, 3.63) is 18.0 Å². The van der Waals surface area contributed by atoms with Crippen LogP contribution in [0.2, 0.25) is 0 Å². The molecule has 1 aliphatic rings. The van der Waals surface area contributed by atoms with E-state index in [4.69, 9.17) is 0 Å². The normalized spacial score (nSPS) is 17.8. The number of nitrogens with zero attached hydrogens (tertiary/aromatic N) is 3. The van der Waals surface area contributed by atoms with Crippen molar-refractivity contribution in [1.29, 1.82) is 0 Å². The van der Waals surface area contributed by atoms with Crippen molar-refractivity contribution in [1.82, 2.24) is 9.97 Å². The van der Waals surface area contributed by atoms with E-state index in [0.717, 1.165) is 31.2 Å². The molecular weight excluding hydrogens is 190 g/mol. The second kappa shape index (κ2) is 4.38. The van der Waals surface area contributed by atoms with Crippen LogP contribution in [0, 0.1) is 5.92 Å². The van der Waals surface area contributed by atoms with Gasteiger partial charge < -0.3 is 4.90 Å². The van der Waals surface area contributed by atoms with Gasteiger partial charge in [-0.05, 0) is 18.8 Å². The summed E-state index contributed by atoms with van der Waals surface area (Å²) in [5, 5.41) is 0. The number of aldehydes is 1. The molecule has 1 aromatic heterocycles. The van der Waals surface area contributed by atoms with Crippen LogP contribution in [0.4, 0.5) is 5.95 Å². The van der Waals surface area contributed by atoms with E-state index in [9.17, 15) is 4.79 Å². The number of rotatable bonds is 2. The van der Waals surface area contributed by atoms with Gasteiger partial charge in [0.15, 0.2) is 6.29 Å². The minimum absolute atomic E-state index is 0.532. The number of carbonyl (C=O) groups excluding carboxylic acids is 1. The van der Waals surface area contributed by atoms with Gasteiger partial charge in [0.05, 0.1) is 5.56 Å². The lowest BCUT2D eigenvalue weighted by atomic mass is 10.00. The van der Waals surface area contributed by atoms with Crippen molar-refractivity contribution >= 4 is 12.2 Å². The third-order valence-electron chi connectivity index (χ3n) is 2.86. The van der Waals surface area contributed by atoms with Crippen LogP contribution in [-0.4, -0.2) is 29.3 Å². The van der Waals surface area contributed by atoms with E-state index in [1.807, 2.05) is 0 Å². The number of hydrogen-bond donors (Lipinski definition) is 0. The lowest BCUT2D eigenvalue weighted by Crippen LogP contribution is -2.34.